The molecule has 0 fully saturated rings. The van der Waals surface area contributed by atoms with Crippen molar-refractivity contribution in [3.8, 4) is 22.3 Å². The summed E-state index contributed by atoms with van der Waals surface area (Å²) in [5.74, 6) is 0. The second-order valence-corrected chi connectivity index (χ2v) is 11.2. The molecule has 0 bridgehead atoms. The lowest BCUT2D eigenvalue weighted by Gasteiger charge is -2.28. The number of para-hydroxylation sites is 1. The smallest absolute Gasteiger partial charge is 0.0780 e. The lowest BCUT2D eigenvalue weighted by atomic mass is 9.86. The van der Waals surface area contributed by atoms with Gasteiger partial charge < -0.3 is 5.32 Å². The lowest BCUT2D eigenvalue weighted by molar-refractivity contribution is 0.949. The number of allylic oxidation sites excluding steroid dienone is 1. The zero-order valence-corrected chi connectivity index (χ0v) is 23.3. The number of pyridine rings is 1. The van der Waals surface area contributed by atoms with Crippen molar-refractivity contribution in [1.29, 1.82) is 0 Å². The number of rotatable bonds is 4. The maximum atomic E-state index is 4.68. The number of hydrogen-bond donors (Lipinski definition) is 1. The minimum atomic E-state index is 0.0705. The van der Waals surface area contributed by atoms with E-state index in [1.807, 2.05) is 12.3 Å². The van der Waals surface area contributed by atoms with Crippen molar-refractivity contribution in [2.24, 2.45) is 0 Å². The molecule has 2 heterocycles. The fraction of sp³-hybridized carbons (Fsp3) is 0.0750. The first kappa shape index (κ1) is 24.6. The van der Waals surface area contributed by atoms with E-state index in [-0.39, 0.29) is 6.04 Å². The summed E-state index contributed by atoms with van der Waals surface area (Å²) >= 11 is 0. The normalized spacial score (nSPS) is 15.4. The predicted molar refractivity (Wildman–Crippen MR) is 176 cm³/mol. The van der Waals surface area contributed by atoms with Crippen LogP contribution in [0.5, 0.6) is 0 Å². The van der Waals surface area contributed by atoms with Gasteiger partial charge in [-0.2, -0.15) is 0 Å². The highest BCUT2D eigenvalue weighted by Crippen LogP contribution is 2.41. The van der Waals surface area contributed by atoms with Gasteiger partial charge in [0.1, 0.15) is 0 Å². The molecular weight excluding hydrogens is 508 g/mol. The van der Waals surface area contributed by atoms with Crippen molar-refractivity contribution in [2.75, 3.05) is 5.32 Å². The molecule has 1 aromatic heterocycles. The Hall–Kier alpha value is -5.21. The summed E-state index contributed by atoms with van der Waals surface area (Å²) in [6.07, 6.45) is 11.1. The quantitative estimate of drug-likeness (QED) is 0.241. The highest BCUT2D eigenvalue weighted by molar-refractivity contribution is 5.95. The van der Waals surface area contributed by atoms with Crippen molar-refractivity contribution < 1.29 is 0 Å². The van der Waals surface area contributed by atoms with Crippen molar-refractivity contribution in [3.63, 3.8) is 0 Å². The summed E-state index contributed by atoms with van der Waals surface area (Å²) in [6, 6.07) is 44.0. The third-order valence-electron chi connectivity index (χ3n) is 8.61. The maximum Gasteiger partial charge on any atom is 0.0780 e. The van der Waals surface area contributed by atoms with Gasteiger partial charge in [-0.15, -0.1) is 0 Å². The number of hydrogen-bond acceptors (Lipinski definition) is 2. The first-order chi connectivity index (χ1) is 20.8. The van der Waals surface area contributed by atoms with Gasteiger partial charge in [-0.3, -0.25) is 4.98 Å². The van der Waals surface area contributed by atoms with Crippen molar-refractivity contribution in [3.05, 3.63) is 167 Å². The van der Waals surface area contributed by atoms with Crippen LogP contribution in [0.25, 0.3) is 44.8 Å². The first-order valence-corrected chi connectivity index (χ1v) is 14.7. The molecule has 0 saturated carbocycles. The number of anilines is 1. The van der Waals surface area contributed by atoms with E-state index in [1.165, 1.54) is 50.1 Å². The van der Waals surface area contributed by atoms with Crippen LogP contribution >= 0.6 is 0 Å². The molecule has 1 aliphatic heterocycles. The number of fused-ring (bicyclic) bond motifs is 3. The van der Waals surface area contributed by atoms with Gasteiger partial charge in [0.05, 0.1) is 11.6 Å². The Balaban J connectivity index is 1.23. The molecule has 2 heteroatoms. The van der Waals surface area contributed by atoms with E-state index < -0.39 is 0 Å². The van der Waals surface area contributed by atoms with E-state index in [1.54, 1.807) is 0 Å². The Kier molecular flexibility index (Phi) is 6.04. The predicted octanol–water partition coefficient (Wildman–Crippen LogP) is 10.1. The van der Waals surface area contributed by atoms with Gasteiger partial charge in [0.15, 0.2) is 0 Å². The minimum Gasteiger partial charge on any atom is -0.374 e. The molecule has 1 aliphatic carbocycles. The lowest BCUT2D eigenvalue weighted by Crippen LogP contribution is -2.15. The van der Waals surface area contributed by atoms with E-state index >= 15 is 0 Å². The van der Waals surface area contributed by atoms with Crippen molar-refractivity contribution >= 4 is 28.2 Å². The summed E-state index contributed by atoms with van der Waals surface area (Å²) < 4.78 is 0. The second-order valence-electron chi connectivity index (χ2n) is 11.2. The highest BCUT2D eigenvalue weighted by Gasteiger charge is 2.23. The van der Waals surface area contributed by atoms with E-state index in [2.05, 4.69) is 144 Å². The largest absolute Gasteiger partial charge is 0.374 e. The Morgan fingerprint density at radius 3 is 2.38 bits per heavy atom. The monoisotopic (exact) mass is 538 g/mol. The van der Waals surface area contributed by atoms with Gasteiger partial charge in [0.25, 0.3) is 0 Å². The van der Waals surface area contributed by atoms with Crippen LogP contribution in [0.2, 0.25) is 0 Å². The van der Waals surface area contributed by atoms with E-state index in [9.17, 15) is 0 Å². The van der Waals surface area contributed by atoms with E-state index in [0.29, 0.717) is 0 Å². The number of aryl methyl sites for hydroxylation is 1. The summed E-state index contributed by atoms with van der Waals surface area (Å²) in [4.78, 5) is 4.68. The van der Waals surface area contributed by atoms with Crippen LogP contribution in [0.3, 0.4) is 0 Å². The molecule has 1 N–H and O–H groups in total. The molecule has 0 amide bonds. The molecule has 1 unspecified atom stereocenters. The molecule has 42 heavy (non-hydrogen) atoms. The van der Waals surface area contributed by atoms with E-state index in [4.69, 9.17) is 0 Å². The number of benzene rings is 5. The molecule has 2 nitrogen and oxygen atoms in total. The SMILES string of the molecule is C1=Cc2cc(C3C=C(c4ccc(-c5cccc6cccnc56)cc4)c4ccc(-c5ccccc5)cc4N3)ccc2CC1. The van der Waals surface area contributed by atoms with Gasteiger partial charge in [-0.25, -0.2) is 0 Å². The summed E-state index contributed by atoms with van der Waals surface area (Å²) in [6.45, 7) is 0. The molecule has 2 aliphatic rings. The average Bonchev–Trinajstić information content (AvgIpc) is 3.07. The van der Waals surface area contributed by atoms with Crippen LogP contribution in [-0.4, -0.2) is 4.98 Å². The van der Waals surface area contributed by atoms with Crippen LogP contribution in [0, 0.1) is 0 Å². The zero-order valence-electron chi connectivity index (χ0n) is 23.3. The molecule has 8 rings (SSSR count). The Labute approximate surface area is 246 Å². The van der Waals surface area contributed by atoms with Crippen LogP contribution in [-0.2, 0) is 6.42 Å². The molecule has 0 saturated heterocycles. The van der Waals surface area contributed by atoms with Gasteiger partial charge in [-0.1, -0.05) is 115 Å². The Bertz CT molecular complexity index is 1990. The fourth-order valence-corrected chi connectivity index (χ4v) is 6.41. The molecule has 1 atom stereocenters. The fourth-order valence-electron chi connectivity index (χ4n) is 6.41. The van der Waals surface area contributed by atoms with E-state index in [0.717, 1.165) is 35.0 Å². The van der Waals surface area contributed by atoms with Crippen molar-refractivity contribution in [2.45, 2.75) is 18.9 Å². The zero-order chi connectivity index (χ0) is 27.9. The number of aromatic nitrogens is 1. The standard InChI is InChI=1S/C40H30N2/c1-2-8-27(9-3-1)33-21-22-36-37(26-38(42-39(36)25-33)34-20-15-28-10-4-5-11-32(28)24-34)30-18-16-29(17-19-30)35-14-6-12-31-13-7-23-41-40(31)35/h1-3,5-9,11-26,38,42H,4,10H2. The summed E-state index contributed by atoms with van der Waals surface area (Å²) in [5.41, 5.74) is 14.7. The number of nitrogens with zero attached hydrogens (tertiary/aromatic N) is 1. The molecule has 0 spiro atoms. The number of nitrogens with one attached hydrogen (secondary N) is 1. The van der Waals surface area contributed by atoms with Crippen LogP contribution in [0.15, 0.2) is 140 Å². The third-order valence-corrected chi connectivity index (χ3v) is 8.61. The Morgan fingerprint density at radius 2 is 1.48 bits per heavy atom. The Morgan fingerprint density at radius 1 is 0.643 bits per heavy atom. The van der Waals surface area contributed by atoms with Gasteiger partial charge in [0.2, 0.25) is 0 Å². The summed E-state index contributed by atoms with van der Waals surface area (Å²) in [5, 5.41) is 5.04. The van der Waals surface area contributed by atoms with Crippen LogP contribution in [0.1, 0.15) is 40.3 Å². The maximum absolute atomic E-state index is 4.68. The first-order valence-electron chi connectivity index (χ1n) is 14.7. The molecule has 5 aromatic carbocycles. The van der Waals surface area contributed by atoms with Crippen molar-refractivity contribution in [1.82, 2.24) is 4.98 Å². The van der Waals surface area contributed by atoms with Gasteiger partial charge in [-0.05, 0) is 81.6 Å². The highest BCUT2D eigenvalue weighted by atomic mass is 14.9. The second kappa shape index (κ2) is 10.3. The van der Waals surface area contributed by atoms with Gasteiger partial charge >= 0.3 is 0 Å². The van der Waals surface area contributed by atoms with Crippen LogP contribution in [0.4, 0.5) is 5.69 Å². The molecule has 200 valence electrons. The van der Waals surface area contributed by atoms with Gasteiger partial charge in [0, 0.05) is 28.4 Å². The average molecular weight is 539 g/mol. The summed E-state index contributed by atoms with van der Waals surface area (Å²) in [7, 11) is 0. The molecular formula is C40H30N2. The topological polar surface area (TPSA) is 24.9 Å². The third kappa shape index (κ3) is 4.42. The van der Waals surface area contributed by atoms with Crippen LogP contribution < -0.4 is 5.32 Å². The molecule has 0 radical (unpaired) electrons. The molecule has 6 aromatic rings. The minimum absolute atomic E-state index is 0.0705.